The Labute approximate surface area is 183 Å². The number of likely N-dealkylation sites (tertiary alicyclic amines) is 1. The molecule has 2 aliphatic heterocycles. The molecule has 0 atom stereocenters. The van der Waals surface area contributed by atoms with Crippen molar-refractivity contribution in [3.8, 4) is 11.5 Å². The molecule has 2 aliphatic rings. The fourth-order valence-corrected chi connectivity index (χ4v) is 4.59. The van der Waals surface area contributed by atoms with Gasteiger partial charge < -0.3 is 19.9 Å². The maximum atomic E-state index is 13.1. The summed E-state index contributed by atoms with van der Waals surface area (Å²) in [5.41, 5.74) is 4.35. The molecule has 2 N–H and O–H groups in total. The van der Waals surface area contributed by atoms with Gasteiger partial charge in [0.25, 0.3) is 5.91 Å². The highest BCUT2D eigenvalue weighted by Gasteiger charge is 2.28. The van der Waals surface area contributed by atoms with Crippen LogP contribution in [0.3, 0.4) is 0 Å². The number of carbonyl (C=O) groups excluding carboxylic acids is 2. The number of hydrogen-bond acceptors (Lipinski definition) is 5. The maximum absolute atomic E-state index is 13.1. The second-order valence-electron chi connectivity index (χ2n) is 9.10. The second kappa shape index (κ2) is 8.71. The Morgan fingerprint density at radius 1 is 1.06 bits per heavy atom. The Morgan fingerprint density at radius 3 is 2.45 bits per heavy atom. The smallest absolute Gasteiger partial charge is 0.258 e. The standard InChI is InChI=1S/C25H30N2O4/c1-16(2)21-10-22(24(30)11-23(21)29)25(31)27-13-19-4-3-18(9-20(19)14-27)12-26-7-5-17(15-28)6-8-26/h3-4,9-11,15-17,29-30H,5-8,12-14H2,1-2H3. The lowest BCUT2D eigenvalue weighted by Crippen LogP contribution is -2.33. The number of fused-ring (bicyclic) bond motifs is 1. The SMILES string of the molecule is CC(C)c1cc(C(=O)N2Cc3ccc(CN4CCC(C=O)CC4)cc3C2)c(O)cc1O. The molecule has 0 saturated carbocycles. The van der Waals surface area contributed by atoms with Crippen LogP contribution in [-0.2, 0) is 24.4 Å². The van der Waals surface area contributed by atoms with Gasteiger partial charge in [-0.1, -0.05) is 32.0 Å². The van der Waals surface area contributed by atoms with Crippen molar-refractivity contribution in [2.24, 2.45) is 5.92 Å². The molecule has 6 heteroatoms. The van der Waals surface area contributed by atoms with E-state index in [2.05, 4.69) is 23.1 Å². The molecule has 1 amide bonds. The predicted molar refractivity (Wildman–Crippen MR) is 118 cm³/mol. The summed E-state index contributed by atoms with van der Waals surface area (Å²) in [5.74, 6) is -0.170. The van der Waals surface area contributed by atoms with E-state index in [1.54, 1.807) is 11.0 Å². The molecule has 2 aromatic carbocycles. The van der Waals surface area contributed by atoms with E-state index in [9.17, 15) is 19.8 Å². The van der Waals surface area contributed by atoms with Crippen LogP contribution in [0.15, 0.2) is 30.3 Å². The largest absolute Gasteiger partial charge is 0.508 e. The van der Waals surface area contributed by atoms with Gasteiger partial charge in [-0.05, 0) is 60.2 Å². The molecule has 0 radical (unpaired) electrons. The third-order valence-electron chi connectivity index (χ3n) is 6.51. The molecule has 1 fully saturated rings. The number of nitrogens with zero attached hydrogens (tertiary/aromatic N) is 2. The lowest BCUT2D eigenvalue weighted by atomic mass is 9.98. The molecule has 0 unspecified atom stereocenters. The molecule has 164 valence electrons. The van der Waals surface area contributed by atoms with Crippen molar-refractivity contribution in [1.82, 2.24) is 9.80 Å². The average molecular weight is 423 g/mol. The van der Waals surface area contributed by atoms with Gasteiger partial charge in [-0.25, -0.2) is 0 Å². The molecule has 6 nitrogen and oxygen atoms in total. The van der Waals surface area contributed by atoms with E-state index in [0.717, 1.165) is 49.9 Å². The number of carbonyl (C=O) groups is 2. The van der Waals surface area contributed by atoms with Gasteiger partial charge in [0.2, 0.25) is 0 Å². The number of hydrogen-bond donors (Lipinski definition) is 2. The van der Waals surface area contributed by atoms with Crippen molar-refractivity contribution in [2.75, 3.05) is 13.1 Å². The van der Waals surface area contributed by atoms with Crippen molar-refractivity contribution in [3.05, 3.63) is 58.1 Å². The highest BCUT2D eigenvalue weighted by atomic mass is 16.3. The number of aromatic hydroxyl groups is 2. The van der Waals surface area contributed by atoms with Crippen LogP contribution in [0.4, 0.5) is 0 Å². The van der Waals surface area contributed by atoms with Crippen LogP contribution in [0.5, 0.6) is 11.5 Å². The summed E-state index contributed by atoms with van der Waals surface area (Å²) in [6, 6.07) is 9.25. The monoisotopic (exact) mass is 422 g/mol. The third-order valence-corrected chi connectivity index (χ3v) is 6.51. The van der Waals surface area contributed by atoms with Crippen LogP contribution in [0.1, 0.15) is 65.2 Å². The van der Waals surface area contributed by atoms with Crippen molar-refractivity contribution in [2.45, 2.75) is 52.2 Å². The summed E-state index contributed by atoms with van der Waals surface area (Å²) < 4.78 is 0. The van der Waals surface area contributed by atoms with Gasteiger partial charge in [0.1, 0.15) is 17.8 Å². The minimum atomic E-state index is -0.229. The van der Waals surface area contributed by atoms with E-state index in [1.165, 1.54) is 11.6 Å². The van der Waals surface area contributed by atoms with E-state index < -0.39 is 0 Å². The van der Waals surface area contributed by atoms with Gasteiger partial charge in [0.15, 0.2) is 0 Å². The van der Waals surface area contributed by atoms with Crippen molar-refractivity contribution in [3.63, 3.8) is 0 Å². The van der Waals surface area contributed by atoms with Gasteiger partial charge in [0, 0.05) is 31.6 Å². The topological polar surface area (TPSA) is 81.1 Å². The first-order valence-corrected chi connectivity index (χ1v) is 11.0. The van der Waals surface area contributed by atoms with Crippen LogP contribution in [0, 0.1) is 5.92 Å². The first-order valence-electron chi connectivity index (χ1n) is 11.0. The molecule has 0 bridgehead atoms. The van der Waals surface area contributed by atoms with Crippen LogP contribution < -0.4 is 0 Å². The number of benzene rings is 2. The first kappa shape index (κ1) is 21.4. The molecule has 0 aromatic heterocycles. The Bertz CT molecular complexity index is 993. The number of rotatable bonds is 5. The van der Waals surface area contributed by atoms with Gasteiger partial charge in [0.05, 0.1) is 5.56 Å². The zero-order valence-electron chi connectivity index (χ0n) is 18.2. The fourth-order valence-electron chi connectivity index (χ4n) is 4.59. The van der Waals surface area contributed by atoms with Gasteiger partial charge in [-0.3, -0.25) is 9.69 Å². The summed E-state index contributed by atoms with van der Waals surface area (Å²) >= 11 is 0. The number of amides is 1. The number of aldehydes is 1. The number of phenols is 2. The van der Waals surface area contributed by atoms with Crippen molar-refractivity contribution in [1.29, 1.82) is 0 Å². The van der Waals surface area contributed by atoms with Crippen LogP contribution in [0.25, 0.3) is 0 Å². The van der Waals surface area contributed by atoms with Crippen LogP contribution in [-0.4, -0.2) is 45.3 Å². The van der Waals surface area contributed by atoms with Gasteiger partial charge in [-0.15, -0.1) is 0 Å². The zero-order valence-corrected chi connectivity index (χ0v) is 18.2. The summed E-state index contributed by atoms with van der Waals surface area (Å²) in [6.07, 6.45) is 2.92. The minimum Gasteiger partial charge on any atom is -0.508 e. The van der Waals surface area contributed by atoms with Crippen molar-refractivity contribution < 1.29 is 19.8 Å². The molecular weight excluding hydrogens is 392 g/mol. The summed E-state index contributed by atoms with van der Waals surface area (Å²) in [7, 11) is 0. The van der Waals surface area contributed by atoms with E-state index in [0.29, 0.717) is 18.7 Å². The maximum Gasteiger partial charge on any atom is 0.258 e. The summed E-state index contributed by atoms with van der Waals surface area (Å²) in [5, 5.41) is 20.3. The number of piperidine rings is 1. The van der Waals surface area contributed by atoms with E-state index in [-0.39, 0.29) is 34.8 Å². The highest BCUT2D eigenvalue weighted by molar-refractivity contribution is 5.97. The molecule has 2 aromatic rings. The molecule has 0 aliphatic carbocycles. The predicted octanol–water partition coefficient (Wildman–Crippen LogP) is 3.79. The molecule has 1 saturated heterocycles. The number of phenolic OH excluding ortho intramolecular Hbond substituents is 2. The molecule has 31 heavy (non-hydrogen) atoms. The molecule has 4 rings (SSSR count). The highest BCUT2D eigenvalue weighted by Crippen LogP contribution is 2.34. The lowest BCUT2D eigenvalue weighted by Gasteiger charge is -2.29. The van der Waals surface area contributed by atoms with E-state index in [4.69, 9.17) is 0 Å². The van der Waals surface area contributed by atoms with Crippen molar-refractivity contribution >= 4 is 12.2 Å². The molecule has 0 spiro atoms. The van der Waals surface area contributed by atoms with Gasteiger partial charge >= 0.3 is 0 Å². The Morgan fingerprint density at radius 2 is 1.77 bits per heavy atom. The van der Waals surface area contributed by atoms with E-state index >= 15 is 0 Å². The normalized spacial score (nSPS) is 17.2. The first-order chi connectivity index (χ1) is 14.9. The van der Waals surface area contributed by atoms with Crippen LogP contribution in [0.2, 0.25) is 0 Å². The van der Waals surface area contributed by atoms with Crippen LogP contribution >= 0.6 is 0 Å². The zero-order chi connectivity index (χ0) is 22.1. The Hall–Kier alpha value is -2.86. The molecule has 2 heterocycles. The van der Waals surface area contributed by atoms with Gasteiger partial charge in [-0.2, -0.15) is 0 Å². The fraction of sp³-hybridized carbons (Fsp3) is 0.440. The summed E-state index contributed by atoms with van der Waals surface area (Å²) in [6.45, 7) is 7.61. The minimum absolute atomic E-state index is 0.00979. The average Bonchev–Trinajstić information content (AvgIpc) is 3.17. The second-order valence-corrected chi connectivity index (χ2v) is 9.10. The van der Waals surface area contributed by atoms with E-state index in [1.807, 2.05) is 13.8 Å². The quantitative estimate of drug-likeness (QED) is 0.717. The summed E-state index contributed by atoms with van der Waals surface area (Å²) in [4.78, 5) is 28.2. The lowest BCUT2D eigenvalue weighted by molar-refractivity contribution is -0.112. The Kier molecular flexibility index (Phi) is 6.01. The Balaban J connectivity index is 1.46. The molecular formula is C25H30N2O4. The third kappa shape index (κ3) is 4.44.